The van der Waals surface area contributed by atoms with Gasteiger partial charge in [-0.05, 0) is 45.2 Å². The van der Waals surface area contributed by atoms with E-state index >= 15 is 0 Å². The van der Waals surface area contributed by atoms with Crippen LogP contribution in [0.3, 0.4) is 0 Å². The molecule has 0 aromatic heterocycles. The van der Waals surface area contributed by atoms with Crippen LogP contribution >= 0.6 is 24.0 Å². The number of halogens is 1. The van der Waals surface area contributed by atoms with Crippen molar-refractivity contribution in [1.29, 1.82) is 0 Å². The van der Waals surface area contributed by atoms with Gasteiger partial charge in [0.2, 0.25) is 5.91 Å². The summed E-state index contributed by atoms with van der Waals surface area (Å²) < 4.78 is 0. The second-order valence-corrected chi connectivity index (χ2v) is 6.09. The normalized spacial score (nSPS) is 13.5. The Morgan fingerprint density at radius 1 is 1.33 bits per heavy atom. The molecule has 0 saturated carbocycles. The first-order valence-corrected chi connectivity index (χ1v) is 8.55. The minimum Gasteiger partial charge on any atom is -0.357 e. The largest absolute Gasteiger partial charge is 0.357 e. The Hall–Kier alpha value is -1.31. The van der Waals surface area contributed by atoms with Gasteiger partial charge in [-0.3, -0.25) is 9.79 Å². The number of aliphatic imine (C=N–C) groups is 1. The molecule has 1 aromatic carbocycles. The molecule has 0 bridgehead atoms. The molecule has 1 heterocycles. The summed E-state index contributed by atoms with van der Waals surface area (Å²) in [4.78, 5) is 18.8. The van der Waals surface area contributed by atoms with Gasteiger partial charge in [-0.2, -0.15) is 0 Å². The van der Waals surface area contributed by atoms with E-state index in [4.69, 9.17) is 0 Å². The summed E-state index contributed by atoms with van der Waals surface area (Å²) in [6, 6.07) is 8.51. The predicted octanol–water partition coefficient (Wildman–Crippen LogP) is 2.94. The molecule has 0 spiro atoms. The third kappa shape index (κ3) is 5.96. The number of rotatable bonds is 6. The van der Waals surface area contributed by atoms with Crippen LogP contribution in [0.15, 0.2) is 29.3 Å². The van der Waals surface area contributed by atoms with Crippen molar-refractivity contribution in [2.24, 2.45) is 4.99 Å². The Morgan fingerprint density at radius 2 is 2.08 bits per heavy atom. The molecular weight excluding hydrogens is 415 g/mol. The molecule has 2 N–H and O–H groups in total. The van der Waals surface area contributed by atoms with Crippen molar-refractivity contribution in [3.05, 3.63) is 29.8 Å². The van der Waals surface area contributed by atoms with Gasteiger partial charge in [-0.15, -0.1) is 24.0 Å². The second-order valence-electron chi connectivity index (χ2n) is 6.09. The summed E-state index contributed by atoms with van der Waals surface area (Å²) in [7, 11) is 0. The number of fused-ring (bicyclic) bond motifs is 1. The maximum Gasteiger partial charge on any atom is 0.227 e. The summed E-state index contributed by atoms with van der Waals surface area (Å²) in [5.41, 5.74) is 2.35. The molecule has 134 valence electrons. The van der Waals surface area contributed by atoms with E-state index in [1.165, 1.54) is 5.56 Å². The van der Waals surface area contributed by atoms with Crippen molar-refractivity contribution in [1.82, 2.24) is 10.6 Å². The fraction of sp³-hybridized carbons (Fsp3) is 0.556. The summed E-state index contributed by atoms with van der Waals surface area (Å²) >= 11 is 0. The van der Waals surface area contributed by atoms with Gasteiger partial charge in [0.25, 0.3) is 0 Å². The van der Waals surface area contributed by atoms with Crippen LogP contribution in [-0.2, 0) is 11.2 Å². The van der Waals surface area contributed by atoms with E-state index in [0.29, 0.717) is 19.0 Å². The predicted molar refractivity (Wildman–Crippen MR) is 111 cm³/mol. The lowest BCUT2D eigenvalue weighted by molar-refractivity contribution is -0.118. The number of benzene rings is 1. The number of amides is 1. The highest BCUT2D eigenvalue weighted by atomic mass is 127. The highest BCUT2D eigenvalue weighted by molar-refractivity contribution is 14.0. The standard InChI is InChI=1S/C18H28N4O.HI/c1-4-19-18(21-14(2)3)20-12-7-10-17(23)22-13-11-15-8-5-6-9-16(15)22;/h5-6,8-9,14H,4,7,10-13H2,1-3H3,(H2,19,20,21);1H. The zero-order valence-corrected chi connectivity index (χ0v) is 17.2. The van der Waals surface area contributed by atoms with Crippen molar-refractivity contribution in [3.8, 4) is 0 Å². The number of nitrogens with zero attached hydrogens (tertiary/aromatic N) is 2. The zero-order valence-electron chi connectivity index (χ0n) is 14.8. The van der Waals surface area contributed by atoms with E-state index in [-0.39, 0.29) is 29.9 Å². The van der Waals surface area contributed by atoms with Crippen LogP contribution in [0.4, 0.5) is 5.69 Å². The van der Waals surface area contributed by atoms with Crippen LogP contribution < -0.4 is 15.5 Å². The number of carbonyl (C=O) groups excluding carboxylic acids is 1. The molecule has 0 aliphatic carbocycles. The number of anilines is 1. The number of hydrogen-bond donors (Lipinski definition) is 2. The van der Waals surface area contributed by atoms with Gasteiger partial charge in [-0.25, -0.2) is 0 Å². The van der Waals surface area contributed by atoms with Gasteiger partial charge >= 0.3 is 0 Å². The lowest BCUT2D eigenvalue weighted by atomic mass is 10.2. The second kappa shape index (κ2) is 10.5. The van der Waals surface area contributed by atoms with Gasteiger partial charge in [0.15, 0.2) is 5.96 Å². The first kappa shape index (κ1) is 20.7. The highest BCUT2D eigenvalue weighted by Crippen LogP contribution is 2.27. The molecule has 24 heavy (non-hydrogen) atoms. The summed E-state index contributed by atoms with van der Waals surface area (Å²) in [6.07, 6.45) is 2.27. The van der Waals surface area contributed by atoms with Gasteiger partial charge in [0.05, 0.1) is 0 Å². The van der Waals surface area contributed by atoms with E-state index in [0.717, 1.165) is 37.6 Å². The van der Waals surface area contributed by atoms with Crippen molar-refractivity contribution in [3.63, 3.8) is 0 Å². The fourth-order valence-electron chi connectivity index (χ4n) is 2.75. The van der Waals surface area contributed by atoms with Crippen molar-refractivity contribution in [2.75, 3.05) is 24.5 Å². The molecule has 0 unspecified atom stereocenters. The highest BCUT2D eigenvalue weighted by Gasteiger charge is 2.23. The molecular formula is C18H29IN4O. The van der Waals surface area contributed by atoms with Crippen LogP contribution in [0, 0.1) is 0 Å². The quantitative estimate of drug-likeness (QED) is 0.307. The van der Waals surface area contributed by atoms with E-state index in [9.17, 15) is 4.79 Å². The Kier molecular flexibility index (Phi) is 9.10. The fourth-order valence-corrected chi connectivity index (χ4v) is 2.75. The number of nitrogens with one attached hydrogen (secondary N) is 2. The zero-order chi connectivity index (χ0) is 16.7. The molecule has 2 rings (SSSR count). The third-order valence-corrected chi connectivity index (χ3v) is 3.78. The molecule has 1 aliphatic heterocycles. The number of guanidine groups is 1. The van der Waals surface area contributed by atoms with Crippen LogP contribution in [0.2, 0.25) is 0 Å². The lowest BCUT2D eigenvalue weighted by Crippen LogP contribution is -2.41. The van der Waals surface area contributed by atoms with Crippen LogP contribution in [0.5, 0.6) is 0 Å². The Morgan fingerprint density at radius 3 is 2.79 bits per heavy atom. The SMILES string of the molecule is CCNC(=NCCCC(=O)N1CCc2ccccc21)NC(C)C.I. The molecule has 0 radical (unpaired) electrons. The lowest BCUT2D eigenvalue weighted by Gasteiger charge is -2.17. The minimum atomic E-state index is 0. The van der Waals surface area contributed by atoms with Crippen LogP contribution in [-0.4, -0.2) is 37.5 Å². The maximum atomic E-state index is 12.4. The molecule has 0 atom stereocenters. The smallest absolute Gasteiger partial charge is 0.227 e. The third-order valence-electron chi connectivity index (χ3n) is 3.78. The van der Waals surface area contributed by atoms with Crippen molar-refractivity contribution in [2.45, 2.75) is 46.1 Å². The number of hydrogen-bond acceptors (Lipinski definition) is 2. The Balaban J connectivity index is 0.00000288. The van der Waals surface area contributed by atoms with E-state index in [2.05, 4.69) is 35.5 Å². The first-order valence-electron chi connectivity index (χ1n) is 8.55. The number of para-hydroxylation sites is 1. The van der Waals surface area contributed by atoms with Crippen LogP contribution in [0.25, 0.3) is 0 Å². The molecule has 0 saturated heterocycles. The molecule has 6 heteroatoms. The van der Waals surface area contributed by atoms with Gasteiger partial charge in [0, 0.05) is 37.8 Å². The molecule has 1 amide bonds. The summed E-state index contributed by atoms with van der Waals surface area (Å²) in [5, 5.41) is 6.49. The van der Waals surface area contributed by atoms with Crippen LogP contribution in [0.1, 0.15) is 39.2 Å². The average molecular weight is 444 g/mol. The maximum absolute atomic E-state index is 12.4. The van der Waals surface area contributed by atoms with Gasteiger partial charge in [0.1, 0.15) is 0 Å². The van der Waals surface area contributed by atoms with Gasteiger partial charge < -0.3 is 15.5 Å². The molecule has 0 fully saturated rings. The molecule has 1 aliphatic rings. The monoisotopic (exact) mass is 444 g/mol. The van der Waals surface area contributed by atoms with E-state index in [1.54, 1.807) is 0 Å². The minimum absolute atomic E-state index is 0. The van der Waals surface area contributed by atoms with Crippen molar-refractivity contribution >= 4 is 41.5 Å². The number of carbonyl (C=O) groups is 1. The van der Waals surface area contributed by atoms with E-state index in [1.807, 2.05) is 30.0 Å². The van der Waals surface area contributed by atoms with Crippen molar-refractivity contribution < 1.29 is 4.79 Å². The Bertz CT molecular complexity index is 560. The Labute approximate surface area is 162 Å². The van der Waals surface area contributed by atoms with Gasteiger partial charge in [-0.1, -0.05) is 18.2 Å². The average Bonchev–Trinajstić information content (AvgIpc) is 2.95. The molecule has 1 aromatic rings. The first-order chi connectivity index (χ1) is 11.1. The molecule has 5 nitrogen and oxygen atoms in total. The summed E-state index contributed by atoms with van der Waals surface area (Å²) in [5.74, 6) is 1.02. The summed E-state index contributed by atoms with van der Waals surface area (Å²) in [6.45, 7) is 8.51. The van der Waals surface area contributed by atoms with E-state index < -0.39 is 0 Å². The topological polar surface area (TPSA) is 56.7 Å².